The standard InChI is InChI=1S/C21H16BrNO4/c22-14-20(24)17-11-18(23(25)26)13-19(12-17)27-21(15-7-3-1-4-8-15)16-9-5-2-6-10-16/h1-13,21H,14H2. The highest BCUT2D eigenvalue weighted by molar-refractivity contribution is 9.09. The van der Waals surface area contributed by atoms with Gasteiger partial charge in [0, 0.05) is 11.6 Å². The van der Waals surface area contributed by atoms with Crippen LogP contribution in [0.3, 0.4) is 0 Å². The second kappa shape index (κ2) is 8.60. The molecule has 0 N–H and O–H groups in total. The van der Waals surface area contributed by atoms with E-state index in [-0.39, 0.29) is 28.1 Å². The third kappa shape index (κ3) is 4.60. The summed E-state index contributed by atoms with van der Waals surface area (Å²) < 4.78 is 6.14. The van der Waals surface area contributed by atoms with Crippen molar-refractivity contribution in [2.24, 2.45) is 0 Å². The number of ketones is 1. The largest absolute Gasteiger partial charge is 0.481 e. The van der Waals surface area contributed by atoms with Crippen molar-refractivity contribution in [1.82, 2.24) is 0 Å². The molecule has 0 spiro atoms. The van der Waals surface area contributed by atoms with Crippen LogP contribution in [0.1, 0.15) is 27.6 Å². The zero-order valence-corrected chi connectivity index (χ0v) is 15.8. The first-order valence-electron chi connectivity index (χ1n) is 8.23. The fourth-order valence-corrected chi connectivity index (χ4v) is 3.04. The number of Topliss-reactive ketones (excluding diaryl/α,β-unsaturated/α-hetero) is 1. The van der Waals surface area contributed by atoms with Crippen LogP contribution in [0, 0.1) is 10.1 Å². The molecule has 0 aromatic heterocycles. The van der Waals surface area contributed by atoms with Gasteiger partial charge in [0.25, 0.3) is 5.69 Å². The number of alkyl halides is 1. The van der Waals surface area contributed by atoms with Gasteiger partial charge in [0.1, 0.15) is 11.9 Å². The van der Waals surface area contributed by atoms with Crippen LogP contribution in [-0.4, -0.2) is 16.0 Å². The van der Waals surface area contributed by atoms with Crippen molar-refractivity contribution in [3.8, 4) is 5.75 Å². The van der Waals surface area contributed by atoms with Gasteiger partial charge in [-0.15, -0.1) is 0 Å². The lowest BCUT2D eigenvalue weighted by Gasteiger charge is -2.20. The Morgan fingerprint density at radius 1 is 0.963 bits per heavy atom. The Morgan fingerprint density at radius 2 is 1.52 bits per heavy atom. The summed E-state index contributed by atoms with van der Waals surface area (Å²) >= 11 is 3.10. The maximum Gasteiger partial charge on any atom is 0.273 e. The Hall–Kier alpha value is -2.99. The van der Waals surface area contributed by atoms with Crippen molar-refractivity contribution in [3.05, 3.63) is 106 Å². The molecule has 0 amide bonds. The van der Waals surface area contributed by atoms with Crippen molar-refractivity contribution < 1.29 is 14.5 Å². The minimum Gasteiger partial charge on any atom is -0.481 e. The van der Waals surface area contributed by atoms with Gasteiger partial charge in [-0.2, -0.15) is 0 Å². The van der Waals surface area contributed by atoms with Gasteiger partial charge >= 0.3 is 0 Å². The molecule has 3 rings (SSSR count). The maximum absolute atomic E-state index is 12.0. The normalized spacial score (nSPS) is 10.6. The lowest BCUT2D eigenvalue weighted by molar-refractivity contribution is -0.385. The highest BCUT2D eigenvalue weighted by Gasteiger charge is 2.20. The minimum atomic E-state index is -0.530. The summed E-state index contributed by atoms with van der Waals surface area (Å²) in [6.45, 7) is 0. The van der Waals surface area contributed by atoms with Crippen LogP contribution in [0.4, 0.5) is 5.69 Å². The maximum atomic E-state index is 12.0. The zero-order valence-electron chi connectivity index (χ0n) is 14.2. The van der Waals surface area contributed by atoms with Crippen LogP contribution in [-0.2, 0) is 0 Å². The van der Waals surface area contributed by atoms with Gasteiger partial charge in [-0.25, -0.2) is 0 Å². The topological polar surface area (TPSA) is 69.4 Å². The number of hydrogen-bond donors (Lipinski definition) is 0. The van der Waals surface area contributed by atoms with Crippen molar-refractivity contribution in [3.63, 3.8) is 0 Å². The van der Waals surface area contributed by atoms with Gasteiger partial charge in [0.2, 0.25) is 0 Å². The van der Waals surface area contributed by atoms with Crippen molar-refractivity contribution >= 4 is 27.4 Å². The third-order valence-corrected chi connectivity index (χ3v) is 4.51. The fourth-order valence-electron chi connectivity index (χ4n) is 2.72. The molecule has 0 radical (unpaired) electrons. The van der Waals surface area contributed by atoms with E-state index >= 15 is 0 Å². The SMILES string of the molecule is O=C(CBr)c1cc(OC(c2ccccc2)c2ccccc2)cc([N+](=O)[O-])c1. The second-order valence-electron chi connectivity index (χ2n) is 5.85. The Bertz CT molecular complexity index is 905. The molecule has 0 heterocycles. The van der Waals surface area contributed by atoms with E-state index in [2.05, 4.69) is 15.9 Å². The van der Waals surface area contributed by atoms with E-state index in [1.807, 2.05) is 60.7 Å². The molecule has 5 nitrogen and oxygen atoms in total. The van der Waals surface area contributed by atoms with E-state index in [1.165, 1.54) is 18.2 Å². The molecule has 3 aromatic rings. The van der Waals surface area contributed by atoms with Gasteiger partial charge in [-0.3, -0.25) is 14.9 Å². The summed E-state index contributed by atoms with van der Waals surface area (Å²) in [7, 11) is 0. The Morgan fingerprint density at radius 3 is 2.00 bits per heavy atom. The third-order valence-electron chi connectivity index (χ3n) is 4.00. The Kier molecular flexibility index (Phi) is 5.98. The van der Waals surface area contributed by atoms with Crippen LogP contribution in [0.15, 0.2) is 78.9 Å². The quantitative estimate of drug-likeness (QED) is 0.221. The predicted molar refractivity (Wildman–Crippen MR) is 107 cm³/mol. The lowest BCUT2D eigenvalue weighted by atomic mass is 10.0. The molecule has 0 saturated carbocycles. The molecule has 0 unspecified atom stereocenters. The van der Waals surface area contributed by atoms with Crippen LogP contribution < -0.4 is 4.74 Å². The van der Waals surface area contributed by atoms with E-state index in [0.29, 0.717) is 0 Å². The number of nitrogens with zero attached hydrogens (tertiary/aromatic N) is 1. The number of nitro benzene ring substituents is 1. The zero-order chi connectivity index (χ0) is 19.2. The molecule has 0 aliphatic rings. The van der Waals surface area contributed by atoms with Gasteiger partial charge in [0.15, 0.2) is 5.78 Å². The molecule has 0 bridgehead atoms. The number of non-ortho nitro benzene ring substituents is 1. The van der Waals surface area contributed by atoms with E-state index in [9.17, 15) is 14.9 Å². The minimum absolute atomic E-state index is 0.0778. The number of hydrogen-bond acceptors (Lipinski definition) is 4. The molecule has 136 valence electrons. The summed E-state index contributed by atoms with van der Waals surface area (Å²) in [5.41, 5.74) is 1.86. The molecule has 0 fully saturated rings. The van der Waals surface area contributed by atoms with E-state index in [1.54, 1.807) is 0 Å². The van der Waals surface area contributed by atoms with Crippen molar-refractivity contribution in [2.75, 3.05) is 5.33 Å². The van der Waals surface area contributed by atoms with Gasteiger partial charge in [-0.1, -0.05) is 76.6 Å². The molecule has 27 heavy (non-hydrogen) atoms. The van der Waals surface area contributed by atoms with Crippen LogP contribution in [0.25, 0.3) is 0 Å². The van der Waals surface area contributed by atoms with E-state index < -0.39 is 11.0 Å². The fraction of sp³-hybridized carbons (Fsp3) is 0.0952. The smallest absolute Gasteiger partial charge is 0.273 e. The summed E-state index contributed by atoms with van der Waals surface area (Å²) in [4.78, 5) is 22.8. The van der Waals surface area contributed by atoms with Crippen LogP contribution >= 0.6 is 15.9 Å². The van der Waals surface area contributed by atoms with Gasteiger partial charge < -0.3 is 4.74 Å². The summed E-state index contributed by atoms with van der Waals surface area (Å²) in [6.07, 6.45) is -0.457. The number of carbonyl (C=O) groups excluding carboxylic acids is 1. The molecule has 0 saturated heterocycles. The highest BCUT2D eigenvalue weighted by Crippen LogP contribution is 2.31. The average Bonchev–Trinajstić information content (AvgIpc) is 2.72. The van der Waals surface area contributed by atoms with Gasteiger partial charge in [-0.05, 0) is 17.2 Å². The molecule has 0 atom stereocenters. The van der Waals surface area contributed by atoms with Crippen LogP contribution in [0.5, 0.6) is 5.75 Å². The van der Waals surface area contributed by atoms with Crippen LogP contribution in [0.2, 0.25) is 0 Å². The highest BCUT2D eigenvalue weighted by atomic mass is 79.9. The monoisotopic (exact) mass is 425 g/mol. The molecular formula is C21H16BrNO4. The molecule has 6 heteroatoms. The number of carbonyl (C=O) groups is 1. The molecular weight excluding hydrogens is 410 g/mol. The van der Waals surface area contributed by atoms with Crippen molar-refractivity contribution in [1.29, 1.82) is 0 Å². The summed E-state index contributed by atoms with van der Waals surface area (Å²) in [5, 5.41) is 11.3. The predicted octanol–water partition coefficient (Wildman–Crippen LogP) is 5.34. The first-order chi connectivity index (χ1) is 13.1. The second-order valence-corrected chi connectivity index (χ2v) is 6.41. The Balaban J connectivity index is 2.04. The summed E-state index contributed by atoms with van der Waals surface area (Å²) in [6, 6.07) is 23.3. The number of nitro groups is 1. The first-order valence-corrected chi connectivity index (χ1v) is 9.36. The summed E-state index contributed by atoms with van der Waals surface area (Å²) in [5.74, 6) is 0.0192. The molecule has 0 aliphatic carbocycles. The van der Waals surface area contributed by atoms with E-state index in [4.69, 9.17) is 4.74 Å². The number of rotatable bonds is 7. The first kappa shape index (κ1) is 18.8. The van der Waals surface area contributed by atoms with Gasteiger partial charge in [0.05, 0.1) is 16.3 Å². The van der Waals surface area contributed by atoms with Crippen molar-refractivity contribution in [2.45, 2.75) is 6.10 Å². The number of benzene rings is 3. The number of ether oxygens (including phenoxy) is 1. The number of halogens is 1. The Labute approximate surface area is 164 Å². The lowest BCUT2D eigenvalue weighted by Crippen LogP contribution is -2.10. The van der Waals surface area contributed by atoms with E-state index in [0.717, 1.165) is 11.1 Å². The molecule has 3 aromatic carbocycles. The molecule has 0 aliphatic heterocycles. The average molecular weight is 426 g/mol.